The number of hydrogen-bond donors (Lipinski definition) is 0. The topological polar surface area (TPSA) is 48.0 Å². The first-order valence-corrected chi connectivity index (χ1v) is 11.0. The second-order valence-electron chi connectivity index (χ2n) is 7.33. The molecule has 0 N–H and O–H groups in total. The number of ether oxygens (including phenoxy) is 3. The predicted molar refractivity (Wildman–Crippen MR) is 123 cm³/mol. The second kappa shape index (κ2) is 9.44. The molecular weight excluding hydrogens is 429 g/mol. The molecule has 0 bridgehead atoms. The van der Waals surface area contributed by atoms with Crippen LogP contribution in [0, 0.1) is 5.82 Å². The third-order valence-electron chi connectivity index (χ3n) is 5.56. The van der Waals surface area contributed by atoms with Crippen molar-refractivity contribution >= 4 is 23.3 Å². The van der Waals surface area contributed by atoms with Crippen LogP contribution in [-0.2, 0) is 11.2 Å². The van der Waals surface area contributed by atoms with Crippen molar-refractivity contribution in [2.24, 2.45) is 0 Å². The standard InChI is InChI=1S/C25H24FNO4S/c1-29-20-8-6-16(13-19(20)26)7-9-24(28)27-11-10-17-14-21(30-2)22(31-3)15-18(17)25(27)23-5-4-12-32-23/h4-9,12-15,25H,10-11H2,1-3H3/b9-7+. The lowest BCUT2D eigenvalue weighted by Gasteiger charge is -2.37. The molecule has 0 aliphatic carbocycles. The van der Waals surface area contributed by atoms with Crippen LogP contribution < -0.4 is 14.2 Å². The Morgan fingerprint density at radius 3 is 2.47 bits per heavy atom. The lowest BCUT2D eigenvalue weighted by Crippen LogP contribution is -2.39. The Labute approximate surface area is 190 Å². The normalized spacial score (nSPS) is 15.5. The van der Waals surface area contributed by atoms with Crippen molar-refractivity contribution < 1.29 is 23.4 Å². The molecule has 0 fully saturated rings. The van der Waals surface area contributed by atoms with E-state index in [1.807, 2.05) is 34.5 Å². The Bertz CT molecular complexity index is 1140. The van der Waals surface area contributed by atoms with Crippen molar-refractivity contribution in [3.63, 3.8) is 0 Å². The summed E-state index contributed by atoms with van der Waals surface area (Å²) in [6.07, 6.45) is 3.82. The van der Waals surface area contributed by atoms with E-state index < -0.39 is 5.82 Å². The van der Waals surface area contributed by atoms with E-state index in [1.54, 1.807) is 43.8 Å². The summed E-state index contributed by atoms with van der Waals surface area (Å²) in [5, 5.41) is 2.00. The number of halogens is 1. The minimum atomic E-state index is -0.466. The summed E-state index contributed by atoms with van der Waals surface area (Å²) in [5.74, 6) is 0.874. The van der Waals surface area contributed by atoms with Crippen LogP contribution in [0.1, 0.15) is 27.6 Å². The van der Waals surface area contributed by atoms with Crippen molar-refractivity contribution in [3.8, 4) is 17.2 Å². The number of carbonyl (C=O) groups excluding carboxylic acids is 1. The number of benzene rings is 2. The number of carbonyl (C=O) groups is 1. The van der Waals surface area contributed by atoms with Crippen molar-refractivity contribution in [2.75, 3.05) is 27.9 Å². The molecule has 0 radical (unpaired) electrons. The lowest BCUT2D eigenvalue weighted by atomic mass is 9.90. The Morgan fingerprint density at radius 1 is 1.06 bits per heavy atom. The van der Waals surface area contributed by atoms with Gasteiger partial charge in [-0.05, 0) is 64.9 Å². The number of nitrogens with zero attached hydrogens (tertiary/aromatic N) is 1. The molecule has 1 unspecified atom stereocenters. The first-order valence-electron chi connectivity index (χ1n) is 10.2. The number of hydrogen-bond acceptors (Lipinski definition) is 5. The zero-order valence-corrected chi connectivity index (χ0v) is 18.9. The second-order valence-corrected chi connectivity index (χ2v) is 8.31. The molecule has 1 aliphatic heterocycles. The molecule has 3 aromatic rings. The van der Waals surface area contributed by atoms with E-state index in [9.17, 15) is 9.18 Å². The third kappa shape index (κ3) is 4.21. The van der Waals surface area contributed by atoms with E-state index in [4.69, 9.17) is 14.2 Å². The zero-order valence-electron chi connectivity index (χ0n) is 18.1. The monoisotopic (exact) mass is 453 g/mol. The van der Waals surface area contributed by atoms with Gasteiger partial charge in [-0.15, -0.1) is 11.3 Å². The first-order chi connectivity index (χ1) is 15.5. The van der Waals surface area contributed by atoms with Gasteiger partial charge >= 0.3 is 0 Å². The van der Waals surface area contributed by atoms with E-state index >= 15 is 0 Å². The summed E-state index contributed by atoms with van der Waals surface area (Å²) in [4.78, 5) is 16.2. The molecule has 1 aliphatic rings. The number of fused-ring (bicyclic) bond motifs is 1. The van der Waals surface area contributed by atoms with Crippen LogP contribution in [0.25, 0.3) is 6.08 Å². The van der Waals surface area contributed by atoms with Crippen LogP contribution in [0.2, 0.25) is 0 Å². The van der Waals surface area contributed by atoms with Crippen LogP contribution >= 0.6 is 11.3 Å². The van der Waals surface area contributed by atoms with Gasteiger partial charge in [0.15, 0.2) is 23.1 Å². The van der Waals surface area contributed by atoms with Gasteiger partial charge in [-0.2, -0.15) is 0 Å². The summed E-state index contributed by atoms with van der Waals surface area (Å²) < 4.78 is 29.9. The maximum atomic E-state index is 14.0. The van der Waals surface area contributed by atoms with Crippen LogP contribution in [0.3, 0.4) is 0 Å². The van der Waals surface area contributed by atoms with E-state index in [0.29, 0.717) is 30.0 Å². The molecule has 4 rings (SSSR count). The Hall–Kier alpha value is -3.32. The molecule has 1 amide bonds. The molecule has 1 aromatic heterocycles. The van der Waals surface area contributed by atoms with Gasteiger partial charge in [-0.25, -0.2) is 4.39 Å². The summed E-state index contributed by atoms with van der Waals surface area (Å²) in [5.41, 5.74) is 2.74. The van der Waals surface area contributed by atoms with Gasteiger partial charge in [0, 0.05) is 17.5 Å². The minimum Gasteiger partial charge on any atom is -0.494 e. The van der Waals surface area contributed by atoms with E-state index in [-0.39, 0.29) is 17.7 Å². The molecule has 5 nitrogen and oxygen atoms in total. The van der Waals surface area contributed by atoms with Crippen LogP contribution in [0.5, 0.6) is 17.2 Å². The fourth-order valence-corrected chi connectivity index (χ4v) is 4.84. The average Bonchev–Trinajstić information content (AvgIpc) is 3.35. The predicted octanol–water partition coefficient (Wildman–Crippen LogP) is 5.10. The number of amides is 1. The Morgan fingerprint density at radius 2 is 1.81 bits per heavy atom. The molecule has 0 saturated carbocycles. The van der Waals surface area contributed by atoms with Gasteiger partial charge in [0.2, 0.25) is 5.91 Å². The molecule has 2 heterocycles. The summed E-state index contributed by atoms with van der Waals surface area (Å²) >= 11 is 1.60. The third-order valence-corrected chi connectivity index (χ3v) is 6.49. The van der Waals surface area contributed by atoms with Crippen molar-refractivity contribution in [2.45, 2.75) is 12.5 Å². The van der Waals surface area contributed by atoms with Gasteiger partial charge in [0.25, 0.3) is 0 Å². The molecule has 0 spiro atoms. The lowest BCUT2D eigenvalue weighted by molar-refractivity contribution is -0.127. The number of rotatable bonds is 6. The highest BCUT2D eigenvalue weighted by Crippen LogP contribution is 2.42. The molecule has 0 saturated heterocycles. The summed E-state index contributed by atoms with van der Waals surface area (Å²) in [7, 11) is 4.64. The molecule has 166 valence electrons. The van der Waals surface area contributed by atoms with Gasteiger partial charge in [0.1, 0.15) is 0 Å². The van der Waals surface area contributed by atoms with Gasteiger partial charge in [-0.1, -0.05) is 12.1 Å². The number of thiophene rings is 1. The van der Waals surface area contributed by atoms with E-state index in [1.165, 1.54) is 19.3 Å². The van der Waals surface area contributed by atoms with Gasteiger partial charge in [0.05, 0.1) is 27.4 Å². The van der Waals surface area contributed by atoms with Crippen molar-refractivity contribution in [1.82, 2.24) is 4.90 Å². The molecule has 1 atom stereocenters. The summed E-state index contributed by atoms with van der Waals surface area (Å²) in [6, 6.07) is 12.3. The smallest absolute Gasteiger partial charge is 0.247 e. The highest BCUT2D eigenvalue weighted by molar-refractivity contribution is 7.10. The maximum absolute atomic E-state index is 14.0. The zero-order chi connectivity index (χ0) is 22.7. The quantitative estimate of drug-likeness (QED) is 0.487. The minimum absolute atomic E-state index is 0.139. The van der Waals surface area contributed by atoms with Gasteiger partial charge < -0.3 is 19.1 Å². The Balaban J connectivity index is 1.68. The first kappa shape index (κ1) is 21.9. The molecular formula is C25H24FNO4S. The molecule has 7 heteroatoms. The largest absolute Gasteiger partial charge is 0.494 e. The van der Waals surface area contributed by atoms with Crippen molar-refractivity contribution in [3.05, 3.63) is 81.3 Å². The average molecular weight is 454 g/mol. The van der Waals surface area contributed by atoms with Gasteiger partial charge in [-0.3, -0.25) is 4.79 Å². The highest BCUT2D eigenvalue weighted by atomic mass is 32.1. The Kier molecular flexibility index (Phi) is 6.46. The fourth-order valence-electron chi connectivity index (χ4n) is 3.99. The number of methoxy groups -OCH3 is 3. The molecule has 2 aromatic carbocycles. The van der Waals surface area contributed by atoms with Crippen molar-refractivity contribution in [1.29, 1.82) is 0 Å². The van der Waals surface area contributed by atoms with Crippen LogP contribution in [-0.4, -0.2) is 38.7 Å². The van der Waals surface area contributed by atoms with E-state index in [0.717, 1.165) is 16.0 Å². The van der Waals surface area contributed by atoms with Crippen LogP contribution in [0.15, 0.2) is 53.9 Å². The maximum Gasteiger partial charge on any atom is 0.247 e. The highest BCUT2D eigenvalue weighted by Gasteiger charge is 2.33. The fraction of sp³-hybridized carbons (Fsp3) is 0.240. The molecule has 32 heavy (non-hydrogen) atoms. The SMILES string of the molecule is COc1ccc(/C=C/C(=O)N2CCc3cc(OC)c(OC)cc3C2c2cccs2)cc1F. The summed E-state index contributed by atoms with van der Waals surface area (Å²) in [6.45, 7) is 0.561. The van der Waals surface area contributed by atoms with E-state index in [2.05, 4.69) is 0 Å². The van der Waals surface area contributed by atoms with Crippen LogP contribution in [0.4, 0.5) is 4.39 Å².